The van der Waals surface area contributed by atoms with Gasteiger partial charge in [0.1, 0.15) is 11.7 Å². The molecule has 1 aliphatic rings. The molecule has 0 bridgehead atoms. The van der Waals surface area contributed by atoms with Crippen molar-refractivity contribution < 1.29 is 33.7 Å². The van der Waals surface area contributed by atoms with Crippen molar-refractivity contribution in [2.45, 2.75) is 33.1 Å². The third-order valence-electron chi connectivity index (χ3n) is 4.59. The highest BCUT2D eigenvalue weighted by Gasteiger charge is 2.41. The molecule has 0 spiro atoms. The summed E-state index contributed by atoms with van der Waals surface area (Å²) in [5, 5.41) is 9.82. The minimum atomic E-state index is -1.08. The number of carboxylic acid groups (broad SMARTS) is 1. The van der Waals surface area contributed by atoms with E-state index in [-0.39, 0.29) is 18.8 Å². The zero-order chi connectivity index (χ0) is 21.6. The summed E-state index contributed by atoms with van der Waals surface area (Å²) in [7, 11) is 1.51. The number of allylic oxidation sites excluding steroid dienone is 1. The van der Waals surface area contributed by atoms with E-state index in [1.165, 1.54) is 14.0 Å². The maximum Gasteiger partial charge on any atom is 0.336 e. The second-order valence-corrected chi connectivity index (χ2v) is 6.65. The Bertz CT molecular complexity index is 856. The van der Waals surface area contributed by atoms with Crippen LogP contribution in [0.1, 0.15) is 38.7 Å². The summed E-state index contributed by atoms with van der Waals surface area (Å²) in [6, 6.07) is 6.95. The fourth-order valence-electron chi connectivity index (χ4n) is 3.33. The van der Waals surface area contributed by atoms with Crippen molar-refractivity contribution >= 4 is 23.6 Å². The highest BCUT2D eigenvalue weighted by Crippen LogP contribution is 2.40. The highest BCUT2D eigenvalue weighted by molar-refractivity contribution is 6.06. The molecule has 8 nitrogen and oxygen atoms in total. The van der Waals surface area contributed by atoms with Crippen LogP contribution in [0.2, 0.25) is 0 Å². The van der Waals surface area contributed by atoms with Crippen LogP contribution >= 0.6 is 0 Å². The maximum atomic E-state index is 12.8. The van der Waals surface area contributed by atoms with E-state index in [1.54, 1.807) is 38.1 Å². The molecule has 2 rings (SSSR count). The number of ether oxygens (including phenoxy) is 3. The third kappa shape index (κ3) is 5.43. The number of hydrogen-bond donors (Lipinski definition) is 1. The Kier molecular flexibility index (Phi) is 7.52. The Morgan fingerprint density at radius 1 is 1.14 bits per heavy atom. The van der Waals surface area contributed by atoms with Gasteiger partial charge in [-0.05, 0) is 31.5 Å². The van der Waals surface area contributed by atoms with Gasteiger partial charge in [0.15, 0.2) is 0 Å². The van der Waals surface area contributed by atoms with Crippen molar-refractivity contribution in [2.75, 3.05) is 20.3 Å². The largest absolute Gasteiger partial charge is 0.497 e. The van der Waals surface area contributed by atoms with E-state index in [4.69, 9.17) is 14.2 Å². The van der Waals surface area contributed by atoms with Crippen LogP contribution in [-0.2, 0) is 23.9 Å². The number of carbonyl (C=O) groups is 3. The standard InChI is InChI=1S/C21H25NO7/c1-12-17(20(24)25)19(15-7-5-8-16(11-15)27-4)18(13(2)22-12)21(26)29-10-6-9-28-14(3)23/h5,7-8,11,17,19H,6,9-10H2,1-4H3,(H,24,25). The molecular weight excluding hydrogens is 378 g/mol. The number of benzene rings is 1. The molecule has 8 heteroatoms. The summed E-state index contributed by atoms with van der Waals surface area (Å²) in [5.74, 6) is -3.34. The predicted octanol–water partition coefficient (Wildman–Crippen LogP) is 2.72. The zero-order valence-corrected chi connectivity index (χ0v) is 16.9. The quantitative estimate of drug-likeness (QED) is 0.525. The van der Waals surface area contributed by atoms with Gasteiger partial charge in [0.05, 0.1) is 25.9 Å². The molecule has 1 heterocycles. The lowest BCUT2D eigenvalue weighted by Crippen LogP contribution is -2.35. The van der Waals surface area contributed by atoms with Gasteiger partial charge in [0.2, 0.25) is 0 Å². The van der Waals surface area contributed by atoms with Crippen LogP contribution in [0.3, 0.4) is 0 Å². The Labute approximate surface area is 169 Å². The Hall–Kier alpha value is -3.16. The van der Waals surface area contributed by atoms with E-state index >= 15 is 0 Å². The molecule has 0 saturated carbocycles. The van der Waals surface area contributed by atoms with Crippen molar-refractivity contribution in [1.82, 2.24) is 0 Å². The molecule has 1 aromatic rings. The Morgan fingerprint density at radius 3 is 2.45 bits per heavy atom. The van der Waals surface area contributed by atoms with Crippen LogP contribution < -0.4 is 4.74 Å². The Balaban J connectivity index is 2.34. The van der Waals surface area contributed by atoms with Gasteiger partial charge in [-0.2, -0.15) is 0 Å². The molecule has 0 amide bonds. The number of methoxy groups -OCH3 is 1. The molecule has 0 aliphatic carbocycles. The van der Waals surface area contributed by atoms with Crippen LogP contribution in [0.25, 0.3) is 0 Å². The molecule has 0 aromatic heterocycles. The second-order valence-electron chi connectivity index (χ2n) is 6.65. The molecular formula is C21H25NO7. The fraction of sp³-hybridized carbons (Fsp3) is 0.429. The lowest BCUT2D eigenvalue weighted by atomic mass is 9.75. The molecule has 1 aliphatic heterocycles. The summed E-state index contributed by atoms with van der Waals surface area (Å²) in [6.07, 6.45) is 0.339. The van der Waals surface area contributed by atoms with Crippen molar-refractivity contribution in [1.29, 1.82) is 0 Å². The summed E-state index contributed by atoms with van der Waals surface area (Å²) in [4.78, 5) is 39.9. The van der Waals surface area contributed by atoms with Crippen LogP contribution in [0, 0.1) is 5.92 Å². The SMILES string of the molecule is COc1cccc(C2C(C(=O)OCCCOC(C)=O)=C(C)N=C(C)C2C(=O)O)c1. The normalized spacial score (nSPS) is 18.7. The molecule has 0 saturated heterocycles. The van der Waals surface area contributed by atoms with E-state index in [0.717, 1.165) is 0 Å². The lowest BCUT2D eigenvalue weighted by molar-refractivity contribution is -0.142. The summed E-state index contributed by atoms with van der Waals surface area (Å²) < 4.78 is 15.4. The van der Waals surface area contributed by atoms with Gasteiger partial charge >= 0.3 is 17.9 Å². The summed E-state index contributed by atoms with van der Waals surface area (Å²) in [6.45, 7) is 4.76. The van der Waals surface area contributed by atoms with Crippen molar-refractivity contribution in [2.24, 2.45) is 10.9 Å². The number of nitrogens with zero attached hydrogens (tertiary/aromatic N) is 1. The minimum Gasteiger partial charge on any atom is -0.497 e. The summed E-state index contributed by atoms with van der Waals surface area (Å²) in [5.41, 5.74) is 1.65. The first kappa shape index (κ1) is 22.1. The highest BCUT2D eigenvalue weighted by atomic mass is 16.5. The van der Waals surface area contributed by atoms with E-state index in [9.17, 15) is 19.5 Å². The van der Waals surface area contributed by atoms with E-state index in [1.807, 2.05) is 0 Å². The lowest BCUT2D eigenvalue weighted by Gasteiger charge is -2.30. The van der Waals surface area contributed by atoms with Crippen molar-refractivity contribution in [3.8, 4) is 5.75 Å². The monoisotopic (exact) mass is 403 g/mol. The number of carbonyl (C=O) groups excluding carboxylic acids is 2. The number of aliphatic imine (C=N–C) groups is 1. The van der Waals surface area contributed by atoms with Gasteiger partial charge in [-0.25, -0.2) is 4.79 Å². The van der Waals surface area contributed by atoms with Gasteiger partial charge in [0.25, 0.3) is 0 Å². The summed E-state index contributed by atoms with van der Waals surface area (Å²) >= 11 is 0. The molecule has 1 N–H and O–H groups in total. The number of rotatable bonds is 8. The first-order valence-electron chi connectivity index (χ1n) is 9.19. The maximum absolute atomic E-state index is 12.8. The fourth-order valence-corrected chi connectivity index (χ4v) is 3.33. The second kappa shape index (κ2) is 9.86. The topological polar surface area (TPSA) is 111 Å². The van der Waals surface area contributed by atoms with E-state index < -0.39 is 29.7 Å². The molecule has 156 valence electrons. The van der Waals surface area contributed by atoms with Crippen LogP contribution in [0.15, 0.2) is 40.5 Å². The van der Waals surface area contributed by atoms with E-state index in [0.29, 0.717) is 29.1 Å². The van der Waals surface area contributed by atoms with Gasteiger partial charge in [0, 0.05) is 30.7 Å². The number of esters is 2. The Morgan fingerprint density at radius 2 is 1.83 bits per heavy atom. The minimum absolute atomic E-state index is 0.0359. The molecule has 2 atom stereocenters. The number of hydrogen-bond acceptors (Lipinski definition) is 7. The van der Waals surface area contributed by atoms with Crippen LogP contribution in [-0.4, -0.2) is 49.0 Å². The molecule has 0 fully saturated rings. The van der Waals surface area contributed by atoms with E-state index in [2.05, 4.69) is 4.99 Å². The average Bonchev–Trinajstić information content (AvgIpc) is 2.66. The van der Waals surface area contributed by atoms with Gasteiger partial charge in [-0.1, -0.05) is 12.1 Å². The first-order valence-corrected chi connectivity index (χ1v) is 9.19. The molecule has 29 heavy (non-hydrogen) atoms. The van der Waals surface area contributed by atoms with Gasteiger partial charge < -0.3 is 19.3 Å². The number of aliphatic carboxylic acids is 1. The van der Waals surface area contributed by atoms with Crippen LogP contribution in [0.5, 0.6) is 5.75 Å². The molecule has 2 unspecified atom stereocenters. The van der Waals surface area contributed by atoms with Crippen LogP contribution in [0.4, 0.5) is 0 Å². The van der Waals surface area contributed by atoms with Gasteiger partial charge in [-0.3, -0.25) is 14.6 Å². The molecule has 1 aromatic carbocycles. The molecule has 0 radical (unpaired) electrons. The van der Waals surface area contributed by atoms with Crippen molar-refractivity contribution in [3.63, 3.8) is 0 Å². The predicted molar refractivity (Wildman–Crippen MR) is 105 cm³/mol. The number of carboxylic acids is 1. The average molecular weight is 403 g/mol. The smallest absolute Gasteiger partial charge is 0.336 e. The van der Waals surface area contributed by atoms with Crippen molar-refractivity contribution in [3.05, 3.63) is 41.1 Å². The first-order chi connectivity index (χ1) is 13.8. The third-order valence-corrected chi connectivity index (χ3v) is 4.59. The van der Waals surface area contributed by atoms with Gasteiger partial charge in [-0.15, -0.1) is 0 Å². The zero-order valence-electron chi connectivity index (χ0n) is 16.9.